The maximum absolute atomic E-state index is 12.6. The molecule has 30 heavy (non-hydrogen) atoms. The molecule has 3 rings (SSSR count). The van der Waals surface area contributed by atoms with Crippen LogP contribution in [0.15, 0.2) is 51.8 Å². The standard InChI is InChI=1S/C22H27BrN2O4S/c1-22(2,3)19-14-16(23)6-11-20(19)29-15-21(26)24-17-7-9-18(10-8-17)30(27,28)25-12-4-5-13-25/h6-11,14H,4-5,12-13,15H2,1-3H3,(H,24,26). The molecule has 1 saturated heterocycles. The average molecular weight is 495 g/mol. The number of ether oxygens (including phenoxy) is 1. The van der Waals surface area contributed by atoms with E-state index in [9.17, 15) is 13.2 Å². The normalized spacial score (nSPS) is 15.2. The molecule has 1 aliphatic rings. The van der Waals surface area contributed by atoms with Gasteiger partial charge in [-0.1, -0.05) is 36.7 Å². The number of benzene rings is 2. The van der Waals surface area contributed by atoms with Crippen LogP contribution in [0.2, 0.25) is 0 Å². The van der Waals surface area contributed by atoms with Crippen molar-refractivity contribution < 1.29 is 17.9 Å². The van der Waals surface area contributed by atoms with E-state index in [2.05, 4.69) is 42.0 Å². The number of hydrogen-bond acceptors (Lipinski definition) is 4. The summed E-state index contributed by atoms with van der Waals surface area (Å²) in [4.78, 5) is 12.6. The predicted molar refractivity (Wildman–Crippen MR) is 121 cm³/mol. The molecule has 0 spiro atoms. The molecule has 6 nitrogen and oxygen atoms in total. The molecular weight excluding hydrogens is 468 g/mol. The van der Waals surface area contributed by atoms with E-state index in [1.165, 1.54) is 16.4 Å². The van der Waals surface area contributed by atoms with E-state index in [0.29, 0.717) is 24.5 Å². The van der Waals surface area contributed by atoms with Crippen LogP contribution in [0.25, 0.3) is 0 Å². The van der Waals surface area contributed by atoms with Crippen LogP contribution in [0, 0.1) is 0 Å². The summed E-state index contributed by atoms with van der Waals surface area (Å²) in [6, 6.07) is 12.0. The van der Waals surface area contributed by atoms with E-state index in [1.54, 1.807) is 12.1 Å². The molecule has 1 fully saturated rings. The number of rotatable bonds is 6. The molecule has 0 aromatic heterocycles. The number of sulfonamides is 1. The van der Waals surface area contributed by atoms with Gasteiger partial charge in [-0.05, 0) is 60.7 Å². The number of amides is 1. The second kappa shape index (κ2) is 9.08. The maximum Gasteiger partial charge on any atom is 0.262 e. The zero-order valence-corrected chi connectivity index (χ0v) is 19.8. The van der Waals surface area contributed by atoms with Gasteiger partial charge in [0.05, 0.1) is 4.90 Å². The molecule has 1 aliphatic heterocycles. The van der Waals surface area contributed by atoms with Gasteiger partial charge in [0.15, 0.2) is 6.61 Å². The van der Waals surface area contributed by atoms with Crippen LogP contribution < -0.4 is 10.1 Å². The fraction of sp³-hybridized carbons (Fsp3) is 0.409. The average Bonchev–Trinajstić information content (AvgIpc) is 3.22. The van der Waals surface area contributed by atoms with Crippen LogP contribution in [-0.4, -0.2) is 38.3 Å². The fourth-order valence-corrected chi connectivity index (χ4v) is 5.22. The Morgan fingerprint density at radius 2 is 1.73 bits per heavy atom. The van der Waals surface area contributed by atoms with Gasteiger partial charge < -0.3 is 10.1 Å². The fourth-order valence-electron chi connectivity index (χ4n) is 3.34. The Labute approximate surface area is 186 Å². The number of nitrogens with zero attached hydrogens (tertiary/aromatic N) is 1. The lowest BCUT2D eigenvalue weighted by Gasteiger charge is -2.23. The lowest BCUT2D eigenvalue weighted by Crippen LogP contribution is -2.27. The van der Waals surface area contributed by atoms with E-state index in [-0.39, 0.29) is 22.8 Å². The highest BCUT2D eigenvalue weighted by Gasteiger charge is 2.27. The first-order chi connectivity index (χ1) is 14.1. The Kier molecular flexibility index (Phi) is 6.89. The van der Waals surface area contributed by atoms with Crippen LogP contribution in [0.5, 0.6) is 5.75 Å². The smallest absolute Gasteiger partial charge is 0.262 e. The van der Waals surface area contributed by atoms with Crippen LogP contribution in [0.3, 0.4) is 0 Å². The first kappa shape index (κ1) is 22.8. The Morgan fingerprint density at radius 3 is 2.33 bits per heavy atom. The summed E-state index contributed by atoms with van der Waals surface area (Å²) >= 11 is 3.47. The zero-order chi connectivity index (χ0) is 21.9. The summed E-state index contributed by atoms with van der Waals surface area (Å²) in [7, 11) is -3.46. The molecule has 0 radical (unpaired) electrons. The second-order valence-corrected chi connectivity index (χ2v) is 11.2. The third kappa shape index (κ3) is 5.42. The highest BCUT2D eigenvalue weighted by atomic mass is 79.9. The highest BCUT2D eigenvalue weighted by molar-refractivity contribution is 9.10. The van der Waals surface area contributed by atoms with Gasteiger partial charge in [0, 0.05) is 28.8 Å². The van der Waals surface area contributed by atoms with Crippen molar-refractivity contribution in [3.8, 4) is 5.75 Å². The van der Waals surface area contributed by atoms with E-state index in [4.69, 9.17) is 4.74 Å². The molecule has 8 heteroatoms. The molecule has 0 bridgehead atoms. The van der Waals surface area contributed by atoms with Crippen molar-refractivity contribution in [1.29, 1.82) is 0 Å². The van der Waals surface area contributed by atoms with Crippen molar-refractivity contribution in [2.24, 2.45) is 0 Å². The van der Waals surface area contributed by atoms with Crippen LogP contribution in [0.1, 0.15) is 39.2 Å². The van der Waals surface area contributed by atoms with Crippen molar-refractivity contribution in [2.75, 3.05) is 25.0 Å². The lowest BCUT2D eigenvalue weighted by molar-refractivity contribution is -0.118. The summed E-state index contributed by atoms with van der Waals surface area (Å²) in [5.41, 5.74) is 1.39. The van der Waals surface area contributed by atoms with Gasteiger partial charge in [-0.3, -0.25) is 4.79 Å². The van der Waals surface area contributed by atoms with Gasteiger partial charge in [0.1, 0.15) is 5.75 Å². The number of hydrogen-bond donors (Lipinski definition) is 1. The minimum atomic E-state index is -3.46. The predicted octanol–water partition coefficient (Wildman–Crippen LogP) is 4.55. The molecule has 0 unspecified atom stereocenters. The van der Waals surface area contributed by atoms with Gasteiger partial charge in [-0.25, -0.2) is 8.42 Å². The molecule has 162 valence electrons. The summed E-state index contributed by atoms with van der Waals surface area (Å²) in [6.45, 7) is 7.23. The second-order valence-electron chi connectivity index (χ2n) is 8.36. The van der Waals surface area contributed by atoms with E-state index in [0.717, 1.165) is 22.9 Å². The van der Waals surface area contributed by atoms with Gasteiger partial charge in [0.25, 0.3) is 5.91 Å². The third-order valence-corrected chi connectivity index (χ3v) is 7.36. The number of carbonyl (C=O) groups excluding carboxylic acids is 1. The van der Waals surface area contributed by atoms with Gasteiger partial charge in [0.2, 0.25) is 10.0 Å². The van der Waals surface area contributed by atoms with Gasteiger partial charge in [-0.15, -0.1) is 0 Å². The first-order valence-corrected chi connectivity index (χ1v) is 12.1. The number of carbonyl (C=O) groups is 1. The molecule has 0 aliphatic carbocycles. The van der Waals surface area contributed by atoms with Crippen LogP contribution >= 0.6 is 15.9 Å². The molecule has 1 N–H and O–H groups in total. The molecule has 0 saturated carbocycles. The van der Waals surface area contributed by atoms with E-state index < -0.39 is 10.0 Å². The topological polar surface area (TPSA) is 75.7 Å². The Balaban J connectivity index is 1.62. The maximum atomic E-state index is 12.6. The van der Waals surface area contributed by atoms with Crippen LogP contribution in [-0.2, 0) is 20.2 Å². The quantitative estimate of drug-likeness (QED) is 0.638. The lowest BCUT2D eigenvalue weighted by atomic mass is 9.86. The highest BCUT2D eigenvalue weighted by Crippen LogP contribution is 2.33. The SMILES string of the molecule is CC(C)(C)c1cc(Br)ccc1OCC(=O)Nc1ccc(S(=O)(=O)N2CCCC2)cc1. The van der Waals surface area contributed by atoms with Gasteiger partial charge in [-0.2, -0.15) is 4.31 Å². The molecule has 1 amide bonds. The largest absolute Gasteiger partial charge is 0.483 e. The number of halogens is 1. The Bertz CT molecular complexity index is 1010. The minimum absolute atomic E-state index is 0.133. The third-order valence-electron chi connectivity index (χ3n) is 4.95. The number of anilines is 1. The Morgan fingerprint density at radius 1 is 1.10 bits per heavy atom. The first-order valence-electron chi connectivity index (χ1n) is 9.90. The van der Waals surface area contributed by atoms with Crippen molar-refractivity contribution in [2.45, 2.75) is 43.9 Å². The molecule has 2 aromatic rings. The van der Waals surface area contributed by atoms with Crippen molar-refractivity contribution >= 4 is 37.5 Å². The van der Waals surface area contributed by atoms with Crippen molar-refractivity contribution in [3.63, 3.8) is 0 Å². The van der Waals surface area contributed by atoms with Crippen LogP contribution in [0.4, 0.5) is 5.69 Å². The van der Waals surface area contributed by atoms with E-state index in [1.807, 2.05) is 18.2 Å². The number of nitrogens with one attached hydrogen (secondary N) is 1. The molecule has 1 heterocycles. The zero-order valence-electron chi connectivity index (χ0n) is 17.4. The van der Waals surface area contributed by atoms with Gasteiger partial charge >= 0.3 is 0 Å². The summed E-state index contributed by atoms with van der Waals surface area (Å²) < 4.78 is 33.4. The Hall–Kier alpha value is -1.90. The van der Waals surface area contributed by atoms with Crippen molar-refractivity contribution in [3.05, 3.63) is 52.5 Å². The molecular formula is C22H27BrN2O4S. The summed E-state index contributed by atoms with van der Waals surface area (Å²) in [5, 5.41) is 2.75. The van der Waals surface area contributed by atoms with Crippen molar-refractivity contribution in [1.82, 2.24) is 4.31 Å². The summed E-state index contributed by atoms with van der Waals surface area (Å²) in [5.74, 6) is 0.348. The monoisotopic (exact) mass is 494 g/mol. The molecule has 2 aromatic carbocycles. The minimum Gasteiger partial charge on any atom is -0.483 e. The molecule has 0 atom stereocenters. The summed E-state index contributed by atoms with van der Waals surface area (Å²) in [6.07, 6.45) is 1.78. The van der Waals surface area contributed by atoms with E-state index >= 15 is 0 Å².